The van der Waals surface area contributed by atoms with Crippen molar-refractivity contribution in [3.63, 3.8) is 0 Å². The summed E-state index contributed by atoms with van der Waals surface area (Å²) in [6, 6.07) is 4.72. The molecule has 0 aliphatic heterocycles. The average Bonchev–Trinajstić information content (AvgIpc) is 2.25. The van der Waals surface area contributed by atoms with Crippen LogP contribution in [0.4, 0.5) is 11.4 Å². The van der Waals surface area contributed by atoms with Gasteiger partial charge >= 0.3 is 0 Å². The van der Waals surface area contributed by atoms with Gasteiger partial charge in [0.25, 0.3) is 5.69 Å². The minimum atomic E-state index is -0.439. The highest BCUT2D eigenvalue weighted by Crippen LogP contribution is 2.25. The fourth-order valence-corrected chi connectivity index (χ4v) is 1.21. The van der Waals surface area contributed by atoms with Gasteiger partial charge in [0.2, 0.25) is 0 Å². The van der Waals surface area contributed by atoms with Gasteiger partial charge in [-0.2, -0.15) is 0 Å². The zero-order valence-electron chi connectivity index (χ0n) is 8.30. The first-order valence-corrected chi connectivity index (χ1v) is 4.42. The number of aliphatic hydroxyl groups is 1. The average molecular weight is 208 g/mol. The molecule has 0 fully saturated rings. The Morgan fingerprint density at radius 2 is 2.33 bits per heavy atom. The van der Waals surface area contributed by atoms with Gasteiger partial charge in [-0.25, -0.2) is 0 Å². The van der Waals surface area contributed by atoms with Crippen molar-refractivity contribution in [2.75, 3.05) is 19.0 Å². The Bertz CT molecular complexity index is 388. The summed E-state index contributed by atoms with van der Waals surface area (Å²) in [6.45, 7) is -0.0497. The predicted octanol–water partition coefficient (Wildman–Crippen LogP) is 1.64. The van der Waals surface area contributed by atoms with Gasteiger partial charge in [-0.1, -0.05) is 12.2 Å². The van der Waals surface area contributed by atoms with Crippen molar-refractivity contribution < 1.29 is 10.0 Å². The first-order chi connectivity index (χ1) is 7.19. The standard InChI is InChI=1S/C10H12N2O3/c1-11-9-7-8(3-2-6-13)4-5-10(9)12(14)15/h2-5,7,11,13H,6H2,1H3/b3-2-. The van der Waals surface area contributed by atoms with Crippen LogP contribution in [0.15, 0.2) is 24.3 Å². The van der Waals surface area contributed by atoms with E-state index in [4.69, 9.17) is 5.11 Å². The van der Waals surface area contributed by atoms with Crippen molar-refractivity contribution in [1.29, 1.82) is 0 Å². The van der Waals surface area contributed by atoms with Crippen LogP contribution in [0.1, 0.15) is 5.56 Å². The van der Waals surface area contributed by atoms with E-state index < -0.39 is 4.92 Å². The van der Waals surface area contributed by atoms with Crippen LogP contribution in [0.5, 0.6) is 0 Å². The van der Waals surface area contributed by atoms with E-state index >= 15 is 0 Å². The SMILES string of the molecule is CNc1cc(/C=C\CO)ccc1[N+](=O)[O-]. The van der Waals surface area contributed by atoms with Crippen LogP contribution >= 0.6 is 0 Å². The third-order valence-electron chi connectivity index (χ3n) is 1.90. The molecule has 0 aromatic heterocycles. The summed E-state index contributed by atoms with van der Waals surface area (Å²) in [5.74, 6) is 0. The van der Waals surface area contributed by atoms with Gasteiger partial charge in [0, 0.05) is 13.1 Å². The molecular weight excluding hydrogens is 196 g/mol. The van der Waals surface area contributed by atoms with Gasteiger partial charge in [0.05, 0.1) is 11.5 Å². The highest BCUT2D eigenvalue weighted by molar-refractivity contribution is 5.67. The number of nitrogens with one attached hydrogen (secondary N) is 1. The van der Waals surface area contributed by atoms with Gasteiger partial charge in [0.15, 0.2) is 0 Å². The lowest BCUT2D eigenvalue weighted by Crippen LogP contribution is -1.96. The Morgan fingerprint density at radius 3 is 2.87 bits per heavy atom. The summed E-state index contributed by atoms with van der Waals surface area (Å²) in [7, 11) is 1.63. The lowest BCUT2D eigenvalue weighted by Gasteiger charge is -2.02. The minimum Gasteiger partial charge on any atom is -0.392 e. The van der Waals surface area contributed by atoms with E-state index in [0.717, 1.165) is 5.56 Å². The Balaban J connectivity index is 3.07. The summed E-state index contributed by atoms with van der Waals surface area (Å²) in [5, 5.41) is 22.0. The molecule has 0 spiro atoms. The molecule has 5 heteroatoms. The van der Waals surface area contributed by atoms with Crippen LogP contribution in [0.2, 0.25) is 0 Å². The maximum Gasteiger partial charge on any atom is 0.292 e. The van der Waals surface area contributed by atoms with Gasteiger partial charge in [0.1, 0.15) is 5.69 Å². The summed E-state index contributed by atoms with van der Waals surface area (Å²) < 4.78 is 0. The lowest BCUT2D eigenvalue weighted by molar-refractivity contribution is -0.383. The highest BCUT2D eigenvalue weighted by Gasteiger charge is 2.11. The molecule has 0 aliphatic carbocycles. The molecular formula is C10H12N2O3. The van der Waals surface area contributed by atoms with Crippen molar-refractivity contribution in [3.05, 3.63) is 40.0 Å². The molecule has 80 valence electrons. The number of anilines is 1. The summed E-state index contributed by atoms with van der Waals surface area (Å²) in [6.07, 6.45) is 3.27. The van der Waals surface area contributed by atoms with Crippen molar-refractivity contribution >= 4 is 17.5 Å². The largest absolute Gasteiger partial charge is 0.392 e. The molecule has 5 nitrogen and oxygen atoms in total. The summed E-state index contributed by atoms with van der Waals surface area (Å²) >= 11 is 0. The van der Waals surface area contributed by atoms with E-state index in [0.29, 0.717) is 5.69 Å². The van der Waals surface area contributed by atoms with Crippen molar-refractivity contribution in [2.24, 2.45) is 0 Å². The maximum atomic E-state index is 10.6. The number of nitro groups is 1. The topological polar surface area (TPSA) is 75.4 Å². The van der Waals surface area contributed by atoms with E-state index in [9.17, 15) is 10.1 Å². The molecule has 0 radical (unpaired) electrons. The second kappa shape index (κ2) is 5.11. The quantitative estimate of drug-likeness (QED) is 0.582. The fraction of sp³-hybridized carbons (Fsp3) is 0.200. The zero-order valence-corrected chi connectivity index (χ0v) is 8.30. The molecule has 1 aromatic rings. The smallest absolute Gasteiger partial charge is 0.292 e. The molecule has 2 N–H and O–H groups in total. The van der Waals surface area contributed by atoms with E-state index in [1.165, 1.54) is 6.07 Å². The van der Waals surface area contributed by atoms with E-state index in [-0.39, 0.29) is 12.3 Å². The van der Waals surface area contributed by atoms with Crippen molar-refractivity contribution in [1.82, 2.24) is 0 Å². The van der Waals surface area contributed by atoms with E-state index in [1.807, 2.05) is 0 Å². The Labute approximate surface area is 87.2 Å². The molecule has 0 unspecified atom stereocenters. The third-order valence-corrected chi connectivity index (χ3v) is 1.90. The van der Waals surface area contributed by atoms with Crippen LogP contribution in [0, 0.1) is 10.1 Å². The first kappa shape index (κ1) is 11.2. The monoisotopic (exact) mass is 208 g/mol. The molecule has 0 bridgehead atoms. The molecule has 0 saturated carbocycles. The van der Waals surface area contributed by atoms with Gasteiger partial charge in [-0.05, 0) is 17.7 Å². The lowest BCUT2D eigenvalue weighted by atomic mass is 10.1. The number of rotatable bonds is 4. The van der Waals surface area contributed by atoms with Gasteiger partial charge < -0.3 is 10.4 Å². The predicted molar refractivity (Wildman–Crippen MR) is 58.8 cm³/mol. The fourth-order valence-electron chi connectivity index (χ4n) is 1.21. The number of hydrogen-bond acceptors (Lipinski definition) is 4. The van der Waals surface area contributed by atoms with Crippen LogP contribution in [0.25, 0.3) is 6.08 Å². The van der Waals surface area contributed by atoms with Crippen LogP contribution in [0.3, 0.4) is 0 Å². The number of nitro benzene ring substituents is 1. The molecule has 0 heterocycles. The Morgan fingerprint density at radius 1 is 1.60 bits per heavy atom. The summed E-state index contributed by atoms with van der Waals surface area (Å²) in [4.78, 5) is 10.2. The number of benzene rings is 1. The van der Waals surface area contributed by atoms with Crippen molar-refractivity contribution in [2.45, 2.75) is 0 Å². The normalized spacial score (nSPS) is 10.5. The summed E-state index contributed by atoms with van der Waals surface area (Å²) in [5.41, 5.74) is 1.30. The van der Waals surface area contributed by atoms with Crippen LogP contribution in [-0.4, -0.2) is 23.7 Å². The van der Waals surface area contributed by atoms with Crippen LogP contribution < -0.4 is 5.32 Å². The van der Waals surface area contributed by atoms with Crippen molar-refractivity contribution in [3.8, 4) is 0 Å². The highest BCUT2D eigenvalue weighted by atomic mass is 16.6. The first-order valence-electron chi connectivity index (χ1n) is 4.42. The second-order valence-corrected chi connectivity index (χ2v) is 2.87. The Hall–Kier alpha value is -1.88. The molecule has 0 aliphatic rings. The van der Waals surface area contributed by atoms with Gasteiger partial charge in [-0.15, -0.1) is 0 Å². The van der Waals surface area contributed by atoms with E-state index in [1.54, 1.807) is 31.3 Å². The molecule has 1 aromatic carbocycles. The molecule has 1 rings (SSSR count). The second-order valence-electron chi connectivity index (χ2n) is 2.87. The minimum absolute atomic E-state index is 0.0404. The number of hydrogen-bond donors (Lipinski definition) is 2. The third kappa shape index (κ3) is 2.78. The Kier molecular flexibility index (Phi) is 3.82. The van der Waals surface area contributed by atoms with E-state index in [2.05, 4.69) is 5.32 Å². The number of aliphatic hydroxyl groups excluding tert-OH is 1. The molecule has 0 amide bonds. The van der Waals surface area contributed by atoms with Crippen LogP contribution in [-0.2, 0) is 0 Å². The maximum absolute atomic E-state index is 10.6. The molecule has 0 saturated heterocycles. The zero-order chi connectivity index (χ0) is 11.3. The molecule has 15 heavy (non-hydrogen) atoms. The van der Waals surface area contributed by atoms with Gasteiger partial charge in [-0.3, -0.25) is 10.1 Å². The number of nitrogens with zero attached hydrogens (tertiary/aromatic N) is 1. The molecule has 0 atom stereocenters.